The third-order valence-corrected chi connectivity index (χ3v) is 3.66. The van der Waals surface area contributed by atoms with Gasteiger partial charge in [0.1, 0.15) is 11.9 Å². The van der Waals surface area contributed by atoms with Crippen LogP contribution in [0.15, 0.2) is 30.3 Å². The summed E-state index contributed by atoms with van der Waals surface area (Å²) in [7, 11) is 0. The summed E-state index contributed by atoms with van der Waals surface area (Å²) in [5, 5.41) is 0. The van der Waals surface area contributed by atoms with Gasteiger partial charge in [0.15, 0.2) is 5.78 Å². The number of benzene rings is 1. The molecule has 1 heterocycles. The smallest absolute Gasteiger partial charge is 0.161 e. The number of Topliss-reactive ketones (excluding diaryl/α,β-unsaturated/α-hetero) is 2. The Balaban J connectivity index is 1.94. The standard InChI is InChI=1S/C16H20O3/c1-12(17)14(13-6-3-2-4-7-13)9-10-15(18)16-8-5-11-19-16/h2-4,6-7,14,16H,5,8-11H2,1H3/t14-,16-/m0/s1. The zero-order valence-corrected chi connectivity index (χ0v) is 11.3. The molecule has 0 saturated carbocycles. The van der Waals surface area contributed by atoms with Crippen LogP contribution in [-0.2, 0) is 14.3 Å². The third kappa shape index (κ3) is 3.74. The van der Waals surface area contributed by atoms with Crippen molar-refractivity contribution in [2.24, 2.45) is 0 Å². The van der Waals surface area contributed by atoms with Crippen LogP contribution >= 0.6 is 0 Å². The molecule has 1 saturated heterocycles. The van der Waals surface area contributed by atoms with Crippen LogP contribution in [0.1, 0.15) is 44.1 Å². The molecule has 19 heavy (non-hydrogen) atoms. The number of rotatable bonds is 6. The van der Waals surface area contributed by atoms with Gasteiger partial charge >= 0.3 is 0 Å². The largest absolute Gasteiger partial charge is 0.370 e. The minimum atomic E-state index is -0.233. The van der Waals surface area contributed by atoms with Crippen molar-refractivity contribution in [3.63, 3.8) is 0 Å². The van der Waals surface area contributed by atoms with Crippen LogP contribution in [-0.4, -0.2) is 24.3 Å². The average Bonchev–Trinajstić information content (AvgIpc) is 2.93. The Kier molecular flexibility index (Phi) is 4.86. The molecule has 1 aliphatic rings. The van der Waals surface area contributed by atoms with E-state index in [1.807, 2.05) is 30.3 Å². The Morgan fingerprint density at radius 2 is 2.05 bits per heavy atom. The first-order valence-electron chi connectivity index (χ1n) is 6.88. The Morgan fingerprint density at radius 3 is 2.63 bits per heavy atom. The van der Waals surface area contributed by atoms with Crippen LogP contribution < -0.4 is 0 Å². The first-order chi connectivity index (χ1) is 9.18. The van der Waals surface area contributed by atoms with Crippen LogP contribution in [0.25, 0.3) is 0 Å². The van der Waals surface area contributed by atoms with E-state index in [1.165, 1.54) is 0 Å². The molecule has 1 fully saturated rings. The molecule has 0 N–H and O–H groups in total. The Labute approximate surface area is 114 Å². The molecule has 0 aromatic heterocycles. The number of ketones is 2. The molecule has 0 amide bonds. The topological polar surface area (TPSA) is 43.4 Å². The van der Waals surface area contributed by atoms with Crippen LogP contribution in [0.5, 0.6) is 0 Å². The lowest BCUT2D eigenvalue weighted by atomic mass is 9.89. The fourth-order valence-corrected chi connectivity index (χ4v) is 2.57. The van der Waals surface area contributed by atoms with Crippen molar-refractivity contribution in [2.75, 3.05) is 6.61 Å². The Hall–Kier alpha value is -1.48. The molecular weight excluding hydrogens is 240 g/mol. The molecule has 102 valence electrons. The van der Waals surface area contributed by atoms with Crippen LogP contribution in [0.4, 0.5) is 0 Å². The van der Waals surface area contributed by atoms with Gasteiger partial charge in [-0.3, -0.25) is 9.59 Å². The van der Waals surface area contributed by atoms with Gasteiger partial charge in [0.05, 0.1) is 0 Å². The normalized spacial score (nSPS) is 20.2. The molecule has 0 aliphatic carbocycles. The molecule has 3 nitrogen and oxygen atoms in total. The van der Waals surface area contributed by atoms with Crippen molar-refractivity contribution in [2.45, 2.75) is 44.6 Å². The van der Waals surface area contributed by atoms with Crippen molar-refractivity contribution in [1.82, 2.24) is 0 Å². The number of carbonyl (C=O) groups excluding carboxylic acids is 2. The van der Waals surface area contributed by atoms with Gasteiger partial charge in [0.25, 0.3) is 0 Å². The van der Waals surface area contributed by atoms with Gasteiger partial charge in [0.2, 0.25) is 0 Å². The second kappa shape index (κ2) is 6.62. The summed E-state index contributed by atoms with van der Waals surface area (Å²) in [6.45, 7) is 2.28. The van der Waals surface area contributed by atoms with E-state index in [4.69, 9.17) is 4.74 Å². The predicted octanol–water partition coefficient (Wildman–Crippen LogP) is 2.89. The van der Waals surface area contributed by atoms with E-state index in [9.17, 15) is 9.59 Å². The summed E-state index contributed by atoms with van der Waals surface area (Å²) in [4.78, 5) is 23.7. The predicted molar refractivity (Wildman–Crippen MR) is 73.1 cm³/mol. The number of carbonyl (C=O) groups is 2. The maximum absolute atomic E-state index is 12.0. The highest BCUT2D eigenvalue weighted by Gasteiger charge is 2.25. The van der Waals surface area contributed by atoms with Crippen molar-refractivity contribution >= 4 is 11.6 Å². The highest BCUT2D eigenvalue weighted by atomic mass is 16.5. The summed E-state index contributed by atoms with van der Waals surface area (Å²) in [5.41, 5.74) is 0.996. The molecule has 2 atom stereocenters. The van der Waals surface area contributed by atoms with Gasteiger partial charge in [-0.05, 0) is 31.7 Å². The van der Waals surface area contributed by atoms with Crippen molar-refractivity contribution in [3.8, 4) is 0 Å². The molecule has 0 spiro atoms. The second-order valence-electron chi connectivity index (χ2n) is 5.08. The fourth-order valence-electron chi connectivity index (χ4n) is 2.57. The van der Waals surface area contributed by atoms with Crippen molar-refractivity contribution in [3.05, 3.63) is 35.9 Å². The van der Waals surface area contributed by atoms with Gasteiger partial charge in [-0.1, -0.05) is 30.3 Å². The molecule has 1 aromatic carbocycles. The summed E-state index contributed by atoms with van der Waals surface area (Å²) in [5.74, 6) is 0.0811. The lowest BCUT2D eigenvalue weighted by Crippen LogP contribution is -2.21. The fraction of sp³-hybridized carbons (Fsp3) is 0.500. The molecule has 1 aliphatic heterocycles. The van der Waals surface area contributed by atoms with Crippen molar-refractivity contribution < 1.29 is 14.3 Å². The van der Waals surface area contributed by atoms with E-state index in [1.54, 1.807) is 6.92 Å². The van der Waals surface area contributed by atoms with Gasteiger partial charge in [-0.15, -0.1) is 0 Å². The molecule has 1 aromatic rings. The number of hydrogen-bond acceptors (Lipinski definition) is 3. The molecule has 0 radical (unpaired) electrons. The van der Waals surface area contributed by atoms with Gasteiger partial charge in [-0.2, -0.15) is 0 Å². The summed E-state index contributed by atoms with van der Waals surface area (Å²) >= 11 is 0. The zero-order valence-electron chi connectivity index (χ0n) is 11.3. The highest BCUT2D eigenvalue weighted by molar-refractivity contribution is 5.86. The third-order valence-electron chi connectivity index (χ3n) is 3.66. The van der Waals surface area contributed by atoms with Crippen LogP contribution in [0.3, 0.4) is 0 Å². The average molecular weight is 260 g/mol. The van der Waals surface area contributed by atoms with E-state index >= 15 is 0 Å². The zero-order chi connectivity index (χ0) is 13.7. The van der Waals surface area contributed by atoms with E-state index in [0.29, 0.717) is 19.4 Å². The highest BCUT2D eigenvalue weighted by Crippen LogP contribution is 2.24. The first-order valence-corrected chi connectivity index (χ1v) is 6.88. The van der Waals surface area contributed by atoms with Gasteiger partial charge in [-0.25, -0.2) is 0 Å². The van der Waals surface area contributed by atoms with Crippen molar-refractivity contribution in [1.29, 1.82) is 0 Å². The summed E-state index contributed by atoms with van der Waals surface area (Å²) in [6, 6.07) is 9.67. The summed E-state index contributed by atoms with van der Waals surface area (Å²) in [6.07, 6.45) is 2.56. The lowest BCUT2D eigenvalue weighted by molar-refractivity contribution is -0.128. The maximum Gasteiger partial charge on any atom is 0.161 e. The second-order valence-corrected chi connectivity index (χ2v) is 5.08. The molecule has 2 rings (SSSR count). The molecular formula is C16H20O3. The van der Waals surface area contributed by atoms with E-state index in [0.717, 1.165) is 18.4 Å². The Bertz CT molecular complexity index is 433. The minimum absolute atomic E-state index is 0.117. The molecule has 3 heteroatoms. The van der Waals surface area contributed by atoms with E-state index in [2.05, 4.69) is 0 Å². The maximum atomic E-state index is 12.0. The minimum Gasteiger partial charge on any atom is -0.370 e. The lowest BCUT2D eigenvalue weighted by Gasteiger charge is -2.15. The van der Waals surface area contributed by atoms with Crippen LogP contribution in [0.2, 0.25) is 0 Å². The number of ether oxygens (including phenoxy) is 1. The van der Waals surface area contributed by atoms with Crippen LogP contribution in [0, 0.1) is 0 Å². The monoisotopic (exact) mass is 260 g/mol. The van der Waals surface area contributed by atoms with Gasteiger partial charge in [0, 0.05) is 18.9 Å². The first kappa shape index (κ1) is 13.9. The SMILES string of the molecule is CC(=O)[C@H](CCC(=O)[C@@H]1CCCO1)c1ccccc1. The number of hydrogen-bond donors (Lipinski definition) is 0. The quantitative estimate of drug-likeness (QED) is 0.790. The Morgan fingerprint density at radius 1 is 1.32 bits per heavy atom. The van der Waals surface area contributed by atoms with Gasteiger partial charge < -0.3 is 4.74 Å². The van der Waals surface area contributed by atoms with E-state index < -0.39 is 0 Å². The molecule has 0 unspecified atom stereocenters. The summed E-state index contributed by atoms with van der Waals surface area (Å²) < 4.78 is 5.38. The molecule has 0 bridgehead atoms. The van der Waals surface area contributed by atoms with E-state index in [-0.39, 0.29) is 23.6 Å².